The zero-order valence-electron chi connectivity index (χ0n) is 9.23. The molecule has 0 bridgehead atoms. The summed E-state index contributed by atoms with van der Waals surface area (Å²) in [4.78, 5) is 1.17. The average molecular weight is 235 g/mol. The maximum atomic E-state index is 5.84. The van der Waals surface area contributed by atoms with Gasteiger partial charge in [0.25, 0.3) is 0 Å². The smallest absolute Gasteiger partial charge is 0.118 e. The third kappa shape index (κ3) is 2.19. The second kappa shape index (κ2) is 4.57. The Morgan fingerprint density at radius 2 is 2.12 bits per heavy atom. The number of rotatable bonds is 3. The van der Waals surface area contributed by atoms with Crippen LogP contribution < -0.4 is 5.73 Å². The van der Waals surface area contributed by atoms with Gasteiger partial charge in [0.1, 0.15) is 11.4 Å². The van der Waals surface area contributed by atoms with E-state index in [-0.39, 0.29) is 0 Å². The number of hydrogen-bond acceptors (Lipinski definition) is 5. The van der Waals surface area contributed by atoms with Gasteiger partial charge in [-0.15, -0.1) is 11.8 Å². The molecule has 4 nitrogen and oxygen atoms in total. The molecule has 2 N–H and O–H groups in total. The summed E-state index contributed by atoms with van der Waals surface area (Å²) in [5.41, 5.74) is 9.49. The summed E-state index contributed by atoms with van der Waals surface area (Å²) in [6.07, 6.45) is 0. The van der Waals surface area contributed by atoms with Crippen LogP contribution in [-0.2, 0) is 5.75 Å². The normalized spacial score (nSPS) is 10.6. The molecule has 1 aromatic heterocycles. The van der Waals surface area contributed by atoms with E-state index in [4.69, 9.17) is 5.73 Å². The molecule has 1 aromatic carbocycles. The summed E-state index contributed by atoms with van der Waals surface area (Å²) in [5, 5.41) is 7.59. The van der Waals surface area contributed by atoms with Crippen molar-refractivity contribution < 1.29 is 4.63 Å². The fourth-order valence-electron chi connectivity index (χ4n) is 1.31. The third-order valence-electron chi connectivity index (χ3n) is 2.44. The highest BCUT2D eigenvalue weighted by molar-refractivity contribution is 7.98. The number of nitrogen functional groups attached to an aromatic ring is 1. The van der Waals surface area contributed by atoms with Crippen LogP contribution in [0, 0.1) is 13.8 Å². The third-order valence-corrected chi connectivity index (χ3v) is 3.61. The van der Waals surface area contributed by atoms with Gasteiger partial charge in [0.15, 0.2) is 0 Å². The second-order valence-electron chi connectivity index (χ2n) is 3.56. The second-order valence-corrected chi connectivity index (χ2v) is 4.57. The molecule has 0 atom stereocenters. The maximum absolute atomic E-state index is 5.84. The molecular weight excluding hydrogens is 222 g/mol. The molecule has 0 spiro atoms. The van der Waals surface area contributed by atoms with Gasteiger partial charge < -0.3 is 5.73 Å². The summed E-state index contributed by atoms with van der Waals surface area (Å²) < 4.78 is 4.65. The van der Waals surface area contributed by atoms with Crippen molar-refractivity contribution in [2.45, 2.75) is 24.5 Å². The van der Waals surface area contributed by atoms with Gasteiger partial charge in [0.2, 0.25) is 0 Å². The first kappa shape index (κ1) is 11.0. The van der Waals surface area contributed by atoms with E-state index < -0.39 is 0 Å². The fourth-order valence-corrected chi connectivity index (χ4v) is 2.38. The van der Waals surface area contributed by atoms with E-state index in [1.165, 1.54) is 4.90 Å². The van der Waals surface area contributed by atoms with Crippen LogP contribution in [0.3, 0.4) is 0 Å². The van der Waals surface area contributed by atoms with Gasteiger partial charge in [-0.2, -0.15) is 0 Å². The lowest BCUT2D eigenvalue weighted by molar-refractivity contribution is 0.302. The Morgan fingerprint density at radius 1 is 1.31 bits per heavy atom. The zero-order chi connectivity index (χ0) is 11.5. The molecule has 2 rings (SSSR count). The van der Waals surface area contributed by atoms with Crippen LogP contribution in [0.15, 0.2) is 27.7 Å². The Labute approximate surface area is 98.2 Å². The molecule has 0 saturated carbocycles. The molecule has 84 valence electrons. The van der Waals surface area contributed by atoms with E-state index in [1.807, 2.05) is 26.0 Å². The van der Waals surface area contributed by atoms with E-state index in [0.29, 0.717) is 0 Å². The Hall–Kier alpha value is -1.49. The highest BCUT2D eigenvalue weighted by Crippen LogP contribution is 2.28. The number of aromatic nitrogens is 2. The summed E-state index contributed by atoms with van der Waals surface area (Å²) in [7, 11) is 0. The van der Waals surface area contributed by atoms with Crippen molar-refractivity contribution in [2.24, 2.45) is 0 Å². The lowest BCUT2D eigenvalue weighted by atomic mass is 10.2. The van der Waals surface area contributed by atoms with E-state index >= 15 is 0 Å². The number of nitrogens with two attached hydrogens (primary N) is 1. The number of aryl methyl sites for hydroxylation is 1. The highest BCUT2D eigenvalue weighted by Gasteiger charge is 2.07. The van der Waals surface area contributed by atoms with Gasteiger partial charge >= 0.3 is 0 Å². The van der Waals surface area contributed by atoms with Gasteiger partial charge in [0, 0.05) is 16.3 Å². The Morgan fingerprint density at radius 3 is 2.81 bits per heavy atom. The number of nitrogens with zero attached hydrogens (tertiary/aromatic N) is 2. The largest absolute Gasteiger partial charge is 0.398 e. The van der Waals surface area contributed by atoms with Gasteiger partial charge in [-0.05, 0) is 31.5 Å². The van der Waals surface area contributed by atoms with Crippen molar-refractivity contribution in [1.82, 2.24) is 10.3 Å². The first-order valence-electron chi connectivity index (χ1n) is 4.94. The summed E-state index contributed by atoms with van der Waals surface area (Å²) in [6.45, 7) is 3.91. The van der Waals surface area contributed by atoms with E-state index in [0.717, 1.165) is 28.4 Å². The number of thioether (sulfide) groups is 1. The summed E-state index contributed by atoms with van der Waals surface area (Å²) in [6, 6.07) is 5.92. The number of anilines is 1. The van der Waals surface area contributed by atoms with Gasteiger partial charge in [-0.3, -0.25) is 0 Å². The van der Waals surface area contributed by atoms with E-state index in [2.05, 4.69) is 21.0 Å². The van der Waals surface area contributed by atoms with Crippen molar-refractivity contribution in [2.75, 3.05) is 5.73 Å². The predicted molar refractivity (Wildman–Crippen MR) is 64.2 cm³/mol. The van der Waals surface area contributed by atoms with Crippen LogP contribution in [0.4, 0.5) is 5.69 Å². The van der Waals surface area contributed by atoms with E-state index in [9.17, 15) is 0 Å². The molecule has 5 heteroatoms. The topological polar surface area (TPSA) is 64.9 Å². The van der Waals surface area contributed by atoms with Crippen LogP contribution in [-0.4, -0.2) is 10.3 Å². The predicted octanol–water partition coefficient (Wildman–Crippen LogP) is 2.56. The minimum atomic E-state index is 0.750. The molecule has 1 heterocycles. The Kier molecular flexibility index (Phi) is 3.14. The fraction of sp³-hybridized carbons (Fsp3) is 0.273. The van der Waals surface area contributed by atoms with Crippen molar-refractivity contribution in [3.05, 3.63) is 35.2 Å². The minimum Gasteiger partial charge on any atom is -0.398 e. The molecule has 0 aliphatic carbocycles. The average Bonchev–Trinajstić information content (AvgIpc) is 2.67. The van der Waals surface area contributed by atoms with Gasteiger partial charge in [-0.25, -0.2) is 4.63 Å². The van der Waals surface area contributed by atoms with Crippen molar-refractivity contribution in [1.29, 1.82) is 0 Å². The molecule has 0 radical (unpaired) electrons. The molecule has 0 unspecified atom stereocenters. The van der Waals surface area contributed by atoms with Crippen LogP contribution in [0.2, 0.25) is 0 Å². The monoisotopic (exact) mass is 235 g/mol. The Bertz CT molecular complexity index is 496. The molecule has 0 saturated heterocycles. The van der Waals surface area contributed by atoms with E-state index in [1.54, 1.807) is 11.8 Å². The van der Waals surface area contributed by atoms with Crippen LogP contribution in [0.25, 0.3) is 0 Å². The minimum absolute atomic E-state index is 0.750. The maximum Gasteiger partial charge on any atom is 0.118 e. The molecule has 0 fully saturated rings. The van der Waals surface area contributed by atoms with Gasteiger partial charge in [-0.1, -0.05) is 16.4 Å². The van der Waals surface area contributed by atoms with Crippen LogP contribution in [0.5, 0.6) is 0 Å². The molecule has 2 aromatic rings. The molecule has 16 heavy (non-hydrogen) atoms. The standard InChI is InChI=1S/C11H13N3OS/c1-7-9(12)4-3-5-11(7)16-6-10-8(2)13-15-14-10/h3-5H,6,12H2,1-2H3. The first-order chi connectivity index (χ1) is 7.68. The number of hydrogen-bond donors (Lipinski definition) is 1. The van der Waals surface area contributed by atoms with Crippen molar-refractivity contribution in [3.8, 4) is 0 Å². The SMILES string of the molecule is Cc1nonc1CSc1cccc(N)c1C. The van der Waals surface area contributed by atoms with Crippen molar-refractivity contribution in [3.63, 3.8) is 0 Å². The zero-order valence-corrected chi connectivity index (χ0v) is 10.0. The molecular formula is C11H13N3OS. The first-order valence-corrected chi connectivity index (χ1v) is 5.93. The van der Waals surface area contributed by atoms with Crippen LogP contribution >= 0.6 is 11.8 Å². The highest BCUT2D eigenvalue weighted by atomic mass is 32.2. The molecule has 0 aliphatic rings. The number of benzene rings is 1. The van der Waals surface area contributed by atoms with Crippen LogP contribution in [0.1, 0.15) is 17.0 Å². The lowest BCUT2D eigenvalue weighted by Crippen LogP contribution is -1.91. The summed E-state index contributed by atoms with van der Waals surface area (Å²) >= 11 is 1.69. The summed E-state index contributed by atoms with van der Waals surface area (Å²) in [5.74, 6) is 0.750. The van der Waals surface area contributed by atoms with Crippen molar-refractivity contribution >= 4 is 17.4 Å². The molecule has 0 aliphatic heterocycles. The Balaban J connectivity index is 2.11. The van der Waals surface area contributed by atoms with Gasteiger partial charge in [0.05, 0.1) is 0 Å². The molecule has 0 amide bonds. The lowest BCUT2D eigenvalue weighted by Gasteiger charge is -2.06. The quantitative estimate of drug-likeness (QED) is 0.654.